The summed E-state index contributed by atoms with van der Waals surface area (Å²) in [5, 5.41) is 16.0. The number of nitrogens with zero attached hydrogens (tertiary/aromatic N) is 3. The minimum Gasteiger partial charge on any atom is -0.464 e. The van der Waals surface area contributed by atoms with Gasteiger partial charge in [0.2, 0.25) is 11.9 Å². The molecule has 0 unspecified atom stereocenters. The SMILES string of the molecule is CCNc1nc(NC2(CO)CCCC2)nc(OCC)n1. The molecule has 0 radical (unpaired) electrons. The Hall–Kier alpha value is -1.63. The fraction of sp³-hybridized carbons (Fsp3) is 0.769. The van der Waals surface area contributed by atoms with E-state index in [2.05, 4.69) is 25.6 Å². The van der Waals surface area contributed by atoms with Crippen molar-refractivity contribution in [3.8, 4) is 6.01 Å². The lowest BCUT2D eigenvalue weighted by atomic mass is 9.99. The zero-order valence-electron chi connectivity index (χ0n) is 12.1. The standard InChI is InChI=1S/C13H23N5O2/c1-3-14-10-15-11(17-12(16-10)20-4-2)18-13(9-19)7-5-6-8-13/h19H,3-9H2,1-2H3,(H2,14,15,16,17,18). The highest BCUT2D eigenvalue weighted by Crippen LogP contribution is 2.32. The number of hydrogen-bond donors (Lipinski definition) is 3. The largest absolute Gasteiger partial charge is 0.464 e. The number of aromatic nitrogens is 3. The fourth-order valence-electron chi connectivity index (χ4n) is 2.45. The molecule has 1 aliphatic rings. The highest BCUT2D eigenvalue weighted by atomic mass is 16.5. The van der Waals surface area contributed by atoms with E-state index in [-0.39, 0.29) is 12.1 Å². The highest BCUT2D eigenvalue weighted by molar-refractivity contribution is 5.38. The Labute approximate surface area is 119 Å². The van der Waals surface area contributed by atoms with E-state index in [0.29, 0.717) is 24.5 Å². The molecule has 0 saturated heterocycles. The van der Waals surface area contributed by atoms with Gasteiger partial charge in [0.05, 0.1) is 18.8 Å². The van der Waals surface area contributed by atoms with Crippen molar-refractivity contribution < 1.29 is 9.84 Å². The summed E-state index contributed by atoms with van der Waals surface area (Å²) < 4.78 is 5.36. The molecule has 7 nitrogen and oxygen atoms in total. The Morgan fingerprint density at radius 2 is 1.85 bits per heavy atom. The molecule has 0 aliphatic heterocycles. The Bertz CT molecular complexity index is 411. The molecule has 20 heavy (non-hydrogen) atoms. The fourth-order valence-corrected chi connectivity index (χ4v) is 2.45. The summed E-state index contributed by atoms with van der Waals surface area (Å²) in [6, 6.07) is 0.298. The molecule has 0 spiro atoms. The van der Waals surface area contributed by atoms with Crippen molar-refractivity contribution in [3.05, 3.63) is 0 Å². The molecule has 1 aromatic heterocycles. The van der Waals surface area contributed by atoms with E-state index in [1.807, 2.05) is 13.8 Å². The van der Waals surface area contributed by atoms with Crippen molar-refractivity contribution in [2.45, 2.75) is 45.1 Å². The van der Waals surface area contributed by atoms with Crippen LogP contribution in [0.1, 0.15) is 39.5 Å². The van der Waals surface area contributed by atoms with Gasteiger partial charge in [-0.25, -0.2) is 0 Å². The van der Waals surface area contributed by atoms with Crippen LogP contribution in [0.3, 0.4) is 0 Å². The van der Waals surface area contributed by atoms with E-state index < -0.39 is 0 Å². The first-order valence-electron chi connectivity index (χ1n) is 7.23. The summed E-state index contributed by atoms with van der Waals surface area (Å²) >= 11 is 0. The van der Waals surface area contributed by atoms with E-state index in [1.165, 1.54) is 0 Å². The van der Waals surface area contributed by atoms with Gasteiger partial charge in [0.1, 0.15) is 0 Å². The monoisotopic (exact) mass is 281 g/mol. The summed E-state index contributed by atoms with van der Waals surface area (Å²) in [6.45, 7) is 5.17. The molecule has 7 heteroatoms. The number of nitrogens with one attached hydrogen (secondary N) is 2. The second-order valence-corrected chi connectivity index (χ2v) is 5.00. The van der Waals surface area contributed by atoms with Crippen LogP contribution in [0.15, 0.2) is 0 Å². The van der Waals surface area contributed by atoms with Gasteiger partial charge in [-0.15, -0.1) is 0 Å². The predicted octanol–water partition coefficient (Wildman–Crippen LogP) is 1.42. The van der Waals surface area contributed by atoms with Gasteiger partial charge in [-0.05, 0) is 26.7 Å². The molecular weight excluding hydrogens is 258 g/mol. The Kier molecular flexibility index (Phi) is 4.94. The van der Waals surface area contributed by atoms with Crippen LogP contribution in [-0.2, 0) is 0 Å². The first-order chi connectivity index (χ1) is 9.71. The van der Waals surface area contributed by atoms with Crippen molar-refractivity contribution in [1.29, 1.82) is 0 Å². The Morgan fingerprint density at radius 3 is 2.45 bits per heavy atom. The average Bonchev–Trinajstić information content (AvgIpc) is 2.88. The zero-order chi connectivity index (χ0) is 14.4. The third kappa shape index (κ3) is 3.47. The van der Waals surface area contributed by atoms with Crippen molar-refractivity contribution >= 4 is 11.9 Å². The molecule has 1 saturated carbocycles. The summed E-state index contributed by atoms with van der Waals surface area (Å²) in [6.07, 6.45) is 4.07. The number of aliphatic hydroxyl groups is 1. The quantitative estimate of drug-likeness (QED) is 0.696. The van der Waals surface area contributed by atoms with E-state index in [1.54, 1.807) is 0 Å². The smallest absolute Gasteiger partial charge is 0.323 e. The molecule has 2 rings (SSSR count). The normalized spacial score (nSPS) is 16.9. The second kappa shape index (κ2) is 6.69. The maximum Gasteiger partial charge on any atom is 0.323 e. The van der Waals surface area contributed by atoms with Crippen molar-refractivity contribution in [1.82, 2.24) is 15.0 Å². The molecular formula is C13H23N5O2. The first-order valence-corrected chi connectivity index (χ1v) is 7.23. The van der Waals surface area contributed by atoms with Crippen LogP contribution >= 0.6 is 0 Å². The van der Waals surface area contributed by atoms with Gasteiger partial charge in [-0.2, -0.15) is 15.0 Å². The molecule has 3 N–H and O–H groups in total. The topological polar surface area (TPSA) is 92.2 Å². The van der Waals surface area contributed by atoms with E-state index in [4.69, 9.17) is 4.74 Å². The lowest BCUT2D eigenvalue weighted by Crippen LogP contribution is -2.39. The summed E-state index contributed by atoms with van der Waals surface area (Å²) in [5.74, 6) is 0.940. The molecule has 1 aliphatic carbocycles. The first kappa shape index (κ1) is 14.8. The number of aliphatic hydroxyl groups excluding tert-OH is 1. The van der Waals surface area contributed by atoms with Crippen molar-refractivity contribution in [2.24, 2.45) is 0 Å². The van der Waals surface area contributed by atoms with Gasteiger partial charge >= 0.3 is 6.01 Å². The van der Waals surface area contributed by atoms with Crippen LogP contribution < -0.4 is 15.4 Å². The van der Waals surface area contributed by atoms with Crippen LogP contribution in [0.5, 0.6) is 6.01 Å². The number of hydrogen-bond acceptors (Lipinski definition) is 7. The molecule has 1 heterocycles. The van der Waals surface area contributed by atoms with Crippen LogP contribution in [-0.4, -0.2) is 45.4 Å². The van der Waals surface area contributed by atoms with Crippen LogP contribution in [0.2, 0.25) is 0 Å². The molecule has 1 aromatic rings. The Morgan fingerprint density at radius 1 is 1.15 bits per heavy atom. The van der Waals surface area contributed by atoms with Crippen molar-refractivity contribution in [2.75, 3.05) is 30.4 Å². The van der Waals surface area contributed by atoms with Gasteiger partial charge in [-0.1, -0.05) is 12.8 Å². The molecule has 0 aromatic carbocycles. The molecule has 112 valence electrons. The van der Waals surface area contributed by atoms with Crippen molar-refractivity contribution in [3.63, 3.8) is 0 Å². The maximum atomic E-state index is 9.64. The molecule has 0 atom stereocenters. The minimum absolute atomic E-state index is 0.0825. The third-order valence-electron chi connectivity index (χ3n) is 3.46. The van der Waals surface area contributed by atoms with Gasteiger partial charge in [-0.3, -0.25) is 0 Å². The number of rotatable bonds is 7. The lowest BCUT2D eigenvalue weighted by molar-refractivity contribution is 0.213. The van der Waals surface area contributed by atoms with E-state index in [0.717, 1.165) is 32.2 Å². The van der Waals surface area contributed by atoms with Crippen LogP contribution in [0.25, 0.3) is 0 Å². The lowest BCUT2D eigenvalue weighted by Gasteiger charge is -2.28. The van der Waals surface area contributed by atoms with Gasteiger partial charge in [0, 0.05) is 6.54 Å². The van der Waals surface area contributed by atoms with E-state index in [9.17, 15) is 5.11 Å². The summed E-state index contributed by atoms with van der Waals surface area (Å²) in [5.41, 5.74) is -0.311. The van der Waals surface area contributed by atoms with Gasteiger partial charge < -0.3 is 20.5 Å². The number of ether oxygens (including phenoxy) is 1. The number of anilines is 2. The minimum atomic E-state index is -0.311. The Balaban J connectivity index is 2.20. The van der Waals surface area contributed by atoms with Gasteiger partial charge in [0.15, 0.2) is 0 Å². The van der Waals surface area contributed by atoms with Gasteiger partial charge in [0.25, 0.3) is 0 Å². The maximum absolute atomic E-state index is 9.64. The second-order valence-electron chi connectivity index (χ2n) is 5.00. The summed E-state index contributed by atoms with van der Waals surface area (Å²) in [7, 11) is 0. The third-order valence-corrected chi connectivity index (χ3v) is 3.46. The predicted molar refractivity (Wildman–Crippen MR) is 77.1 cm³/mol. The zero-order valence-corrected chi connectivity index (χ0v) is 12.1. The molecule has 0 amide bonds. The molecule has 1 fully saturated rings. The molecule has 0 bridgehead atoms. The average molecular weight is 281 g/mol. The van der Waals surface area contributed by atoms with Crippen LogP contribution in [0, 0.1) is 0 Å². The van der Waals surface area contributed by atoms with Crippen LogP contribution in [0.4, 0.5) is 11.9 Å². The van der Waals surface area contributed by atoms with E-state index >= 15 is 0 Å². The summed E-state index contributed by atoms with van der Waals surface area (Å²) in [4.78, 5) is 12.8. The highest BCUT2D eigenvalue weighted by Gasteiger charge is 2.34.